The zero-order valence-electron chi connectivity index (χ0n) is 19.4. The summed E-state index contributed by atoms with van der Waals surface area (Å²) in [6.07, 6.45) is 11.5. The number of allylic oxidation sites excluding steroid dienone is 1. The molecule has 0 aromatic heterocycles. The smallest absolute Gasteiger partial charge is 0.160 e. The van der Waals surface area contributed by atoms with E-state index in [0.717, 1.165) is 24.8 Å². The summed E-state index contributed by atoms with van der Waals surface area (Å²) in [6.45, 7) is 0. The molecule has 4 nitrogen and oxygen atoms in total. The van der Waals surface area contributed by atoms with E-state index in [1.165, 1.54) is 18.4 Å². The molecule has 0 heterocycles. The monoisotopic (exact) mass is 436 g/mol. The van der Waals surface area contributed by atoms with Crippen molar-refractivity contribution < 1.29 is 19.4 Å². The lowest BCUT2D eigenvalue weighted by Crippen LogP contribution is -2.32. The summed E-state index contributed by atoms with van der Waals surface area (Å²) in [5.41, 5.74) is 1.43. The number of benzene rings is 2. The van der Waals surface area contributed by atoms with Crippen LogP contribution in [0.5, 0.6) is 11.5 Å². The summed E-state index contributed by atoms with van der Waals surface area (Å²) in [4.78, 5) is 12.5. The van der Waals surface area contributed by atoms with Crippen LogP contribution in [-0.4, -0.2) is 30.7 Å². The number of aliphatic hydroxyl groups is 1. The molecule has 3 rings (SSSR count). The van der Waals surface area contributed by atoms with Gasteiger partial charge in [0.2, 0.25) is 0 Å². The van der Waals surface area contributed by atoms with Crippen molar-refractivity contribution in [1.29, 1.82) is 0 Å². The molecule has 0 spiro atoms. The van der Waals surface area contributed by atoms with Crippen LogP contribution in [0, 0.1) is 5.92 Å². The number of ether oxygens (including phenoxy) is 2. The first-order chi connectivity index (χ1) is 15.5. The van der Waals surface area contributed by atoms with Crippen LogP contribution in [0.15, 0.2) is 60.7 Å². The van der Waals surface area contributed by atoms with E-state index in [9.17, 15) is 9.90 Å². The Labute approximate surface area is 192 Å². The van der Waals surface area contributed by atoms with Crippen molar-refractivity contribution in [3.8, 4) is 11.5 Å². The number of rotatable bonds is 12. The van der Waals surface area contributed by atoms with E-state index in [1.54, 1.807) is 14.2 Å². The number of unbranched alkanes of at least 4 members (excludes halogenated alkanes) is 1. The molecule has 1 aliphatic rings. The van der Waals surface area contributed by atoms with Crippen molar-refractivity contribution in [2.45, 2.75) is 63.4 Å². The number of carbonyl (C=O) groups is 1. The maximum absolute atomic E-state index is 12.5. The highest BCUT2D eigenvalue weighted by Gasteiger charge is 2.30. The normalized spacial score (nSPS) is 20.2. The molecule has 1 aliphatic carbocycles. The minimum Gasteiger partial charge on any atom is -0.493 e. The van der Waals surface area contributed by atoms with Crippen LogP contribution in [0.1, 0.15) is 56.1 Å². The van der Waals surface area contributed by atoms with Gasteiger partial charge in [-0.2, -0.15) is 0 Å². The van der Waals surface area contributed by atoms with E-state index in [0.29, 0.717) is 36.7 Å². The van der Waals surface area contributed by atoms with Crippen LogP contribution in [0.25, 0.3) is 0 Å². The van der Waals surface area contributed by atoms with Crippen molar-refractivity contribution in [2.24, 2.45) is 5.92 Å². The van der Waals surface area contributed by atoms with Crippen molar-refractivity contribution >= 4 is 5.78 Å². The zero-order chi connectivity index (χ0) is 22.8. The first kappa shape index (κ1) is 24.1. The minimum absolute atomic E-state index is 0.0910. The second-order valence-electron chi connectivity index (χ2n) is 8.90. The molecule has 0 saturated carbocycles. The SMILES string of the molecule is COc1ccc(CCC(=O)CC2(O)C=CC(CCCCc3ccccc3)CC2)cc1OC. The molecule has 2 unspecified atom stereocenters. The Morgan fingerprint density at radius 1 is 1.00 bits per heavy atom. The Morgan fingerprint density at radius 2 is 1.78 bits per heavy atom. The predicted molar refractivity (Wildman–Crippen MR) is 128 cm³/mol. The number of ketones is 1. The third kappa shape index (κ3) is 7.23. The van der Waals surface area contributed by atoms with Gasteiger partial charge in [0, 0.05) is 12.8 Å². The van der Waals surface area contributed by atoms with Gasteiger partial charge in [0.15, 0.2) is 11.5 Å². The Hall–Kier alpha value is -2.59. The van der Waals surface area contributed by atoms with Crippen LogP contribution in [-0.2, 0) is 17.6 Å². The maximum Gasteiger partial charge on any atom is 0.160 e. The second-order valence-corrected chi connectivity index (χ2v) is 8.90. The van der Waals surface area contributed by atoms with Crippen molar-refractivity contribution in [2.75, 3.05) is 14.2 Å². The largest absolute Gasteiger partial charge is 0.493 e. The molecule has 0 amide bonds. The van der Waals surface area contributed by atoms with Crippen LogP contribution >= 0.6 is 0 Å². The molecule has 1 N–H and O–H groups in total. The van der Waals surface area contributed by atoms with Gasteiger partial charge in [-0.15, -0.1) is 0 Å². The first-order valence-corrected chi connectivity index (χ1v) is 11.7. The van der Waals surface area contributed by atoms with Gasteiger partial charge >= 0.3 is 0 Å². The highest BCUT2D eigenvalue weighted by molar-refractivity contribution is 5.80. The Bertz CT molecular complexity index is 890. The fraction of sp³-hybridized carbons (Fsp3) is 0.464. The van der Waals surface area contributed by atoms with Crippen molar-refractivity contribution in [3.63, 3.8) is 0 Å². The molecular weight excluding hydrogens is 400 g/mol. The molecule has 172 valence electrons. The summed E-state index contributed by atoms with van der Waals surface area (Å²) < 4.78 is 10.6. The molecule has 4 heteroatoms. The Kier molecular flexibility index (Phi) is 8.92. The first-order valence-electron chi connectivity index (χ1n) is 11.7. The fourth-order valence-corrected chi connectivity index (χ4v) is 4.45. The van der Waals surface area contributed by atoms with Gasteiger partial charge in [0.1, 0.15) is 5.78 Å². The van der Waals surface area contributed by atoms with Crippen LogP contribution < -0.4 is 9.47 Å². The highest BCUT2D eigenvalue weighted by atomic mass is 16.5. The minimum atomic E-state index is -0.991. The number of hydrogen-bond donors (Lipinski definition) is 1. The molecular formula is C28H36O4. The van der Waals surface area contributed by atoms with E-state index in [4.69, 9.17) is 9.47 Å². The average molecular weight is 437 g/mol. The summed E-state index contributed by atoms with van der Waals surface area (Å²) in [5.74, 6) is 1.95. The highest BCUT2D eigenvalue weighted by Crippen LogP contribution is 2.32. The molecule has 0 bridgehead atoms. The summed E-state index contributed by atoms with van der Waals surface area (Å²) in [7, 11) is 3.21. The van der Waals surface area contributed by atoms with Gasteiger partial charge in [-0.25, -0.2) is 0 Å². The van der Waals surface area contributed by atoms with Gasteiger partial charge in [-0.05, 0) is 67.7 Å². The van der Waals surface area contributed by atoms with Crippen LogP contribution in [0.4, 0.5) is 0 Å². The molecule has 0 saturated heterocycles. The number of carbonyl (C=O) groups excluding carboxylic acids is 1. The van der Waals surface area contributed by atoms with Crippen LogP contribution in [0.2, 0.25) is 0 Å². The predicted octanol–water partition coefficient (Wildman–Crippen LogP) is 5.71. The third-order valence-electron chi connectivity index (χ3n) is 6.40. The van der Waals surface area contributed by atoms with Gasteiger partial charge in [-0.3, -0.25) is 4.79 Å². The molecule has 0 aliphatic heterocycles. The lowest BCUT2D eigenvalue weighted by Gasteiger charge is -2.30. The quantitative estimate of drug-likeness (QED) is 0.342. The van der Waals surface area contributed by atoms with Gasteiger partial charge in [0.25, 0.3) is 0 Å². The van der Waals surface area contributed by atoms with E-state index in [-0.39, 0.29) is 12.2 Å². The topological polar surface area (TPSA) is 55.8 Å². The molecule has 0 fully saturated rings. The summed E-state index contributed by atoms with van der Waals surface area (Å²) >= 11 is 0. The average Bonchev–Trinajstić information content (AvgIpc) is 2.82. The van der Waals surface area contributed by atoms with Crippen molar-refractivity contribution in [1.82, 2.24) is 0 Å². The van der Waals surface area contributed by atoms with Gasteiger partial charge in [-0.1, -0.05) is 55.0 Å². The number of aryl methyl sites for hydroxylation is 2. The van der Waals surface area contributed by atoms with Crippen molar-refractivity contribution in [3.05, 3.63) is 71.8 Å². The van der Waals surface area contributed by atoms with E-state index >= 15 is 0 Å². The van der Waals surface area contributed by atoms with E-state index in [2.05, 4.69) is 36.4 Å². The fourth-order valence-electron chi connectivity index (χ4n) is 4.45. The maximum atomic E-state index is 12.5. The number of hydrogen-bond acceptors (Lipinski definition) is 4. The number of methoxy groups -OCH3 is 2. The summed E-state index contributed by atoms with van der Waals surface area (Å²) in [5, 5.41) is 10.9. The molecule has 2 aromatic carbocycles. The Morgan fingerprint density at radius 3 is 2.47 bits per heavy atom. The Balaban J connectivity index is 1.39. The zero-order valence-corrected chi connectivity index (χ0v) is 19.4. The van der Waals surface area contributed by atoms with Crippen LogP contribution in [0.3, 0.4) is 0 Å². The van der Waals surface area contributed by atoms with E-state index in [1.807, 2.05) is 24.3 Å². The third-order valence-corrected chi connectivity index (χ3v) is 6.40. The standard InChI is InChI=1S/C28H36O4/c1-31-26-15-13-24(20-27(26)32-2)12-14-25(29)21-28(30)18-16-23(17-19-28)11-7-6-10-22-8-4-3-5-9-22/h3-5,8-9,13,15-16,18,20,23,30H,6-7,10-12,14,17,19,21H2,1-2H3. The van der Waals surface area contributed by atoms with Gasteiger partial charge in [0.05, 0.1) is 19.8 Å². The van der Waals surface area contributed by atoms with Gasteiger partial charge < -0.3 is 14.6 Å². The number of Topliss-reactive ketones (excluding diaryl/α,β-unsaturated/α-hetero) is 1. The lowest BCUT2D eigenvalue weighted by molar-refractivity contribution is -0.122. The van der Waals surface area contributed by atoms with E-state index < -0.39 is 5.60 Å². The summed E-state index contributed by atoms with van der Waals surface area (Å²) in [6, 6.07) is 16.3. The second kappa shape index (κ2) is 11.9. The lowest BCUT2D eigenvalue weighted by atomic mass is 9.80. The molecule has 32 heavy (non-hydrogen) atoms. The molecule has 2 aromatic rings. The molecule has 0 radical (unpaired) electrons. The molecule has 2 atom stereocenters.